The van der Waals surface area contributed by atoms with Crippen molar-refractivity contribution >= 4 is 34.3 Å². The van der Waals surface area contributed by atoms with Crippen LogP contribution < -0.4 is 21.8 Å². The second-order valence-corrected chi connectivity index (χ2v) is 8.20. The van der Waals surface area contributed by atoms with Crippen molar-refractivity contribution in [3.63, 3.8) is 0 Å². The van der Waals surface area contributed by atoms with Gasteiger partial charge in [0.2, 0.25) is 0 Å². The number of alkyl halides is 3. The number of phenolic OH excluding ortho intramolecular Hbond substituents is 1. The van der Waals surface area contributed by atoms with Crippen LogP contribution in [0.1, 0.15) is 21.3 Å². The van der Waals surface area contributed by atoms with Gasteiger partial charge in [0.1, 0.15) is 11.4 Å². The molecular formula is C20H20F3N5O4S. The molecule has 0 fully saturated rings. The summed E-state index contributed by atoms with van der Waals surface area (Å²) in [5, 5.41) is 18.8. The van der Waals surface area contributed by atoms with Crippen molar-refractivity contribution in [3.05, 3.63) is 66.9 Å². The van der Waals surface area contributed by atoms with Gasteiger partial charge in [-0.1, -0.05) is 12.1 Å². The summed E-state index contributed by atoms with van der Waals surface area (Å²) in [4.78, 5) is 38.7. The number of hydrogen-bond acceptors (Lipinski definition) is 7. The van der Waals surface area contributed by atoms with E-state index in [1.807, 2.05) is 0 Å². The fourth-order valence-corrected chi connectivity index (χ4v) is 3.81. The number of aromatic amines is 1. The van der Waals surface area contributed by atoms with E-state index in [0.29, 0.717) is 0 Å². The van der Waals surface area contributed by atoms with Gasteiger partial charge in [0.15, 0.2) is 11.8 Å². The minimum Gasteiger partial charge on any atom is -0.505 e. The Morgan fingerprint density at radius 3 is 2.45 bits per heavy atom. The molecule has 0 aliphatic carbocycles. The van der Waals surface area contributed by atoms with Crippen molar-refractivity contribution in [2.45, 2.75) is 12.2 Å². The van der Waals surface area contributed by atoms with E-state index in [0.717, 1.165) is 16.0 Å². The van der Waals surface area contributed by atoms with Crippen LogP contribution in [-0.2, 0) is 7.05 Å². The standard InChI is InChI=1S/C20H20F3N5O4S/c1-27(2)18(31)10-6-4-7-11(15(10)29)24-14-13(17(30)26-28(3)19(14)32)25-16(20(21,22)23)12-8-5-9-33-12/h4-9,16,24-25,29H,1-3H3,(H,26,30). The molecule has 4 N–H and O–H groups in total. The lowest BCUT2D eigenvalue weighted by Gasteiger charge is -2.23. The van der Waals surface area contributed by atoms with E-state index in [-0.39, 0.29) is 16.1 Å². The van der Waals surface area contributed by atoms with Crippen LogP contribution in [0.2, 0.25) is 0 Å². The summed E-state index contributed by atoms with van der Waals surface area (Å²) in [6.07, 6.45) is -4.78. The highest BCUT2D eigenvalue weighted by Gasteiger charge is 2.42. The van der Waals surface area contributed by atoms with Crippen molar-refractivity contribution in [1.82, 2.24) is 14.7 Å². The van der Waals surface area contributed by atoms with E-state index in [9.17, 15) is 32.7 Å². The molecule has 0 aliphatic heterocycles. The van der Waals surface area contributed by atoms with Gasteiger partial charge in [0, 0.05) is 26.0 Å². The third-order valence-corrected chi connectivity index (χ3v) is 5.58. The van der Waals surface area contributed by atoms with Crippen molar-refractivity contribution in [1.29, 1.82) is 0 Å². The van der Waals surface area contributed by atoms with Crippen molar-refractivity contribution in [2.24, 2.45) is 7.05 Å². The molecule has 0 saturated carbocycles. The number of amides is 1. The number of aryl methyl sites for hydroxylation is 1. The molecule has 1 atom stereocenters. The van der Waals surface area contributed by atoms with Crippen LogP contribution in [-0.4, -0.2) is 46.0 Å². The van der Waals surface area contributed by atoms with Gasteiger partial charge in [-0.2, -0.15) is 13.2 Å². The number of H-pyrrole nitrogens is 1. The van der Waals surface area contributed by atoms with Gasteiger partial charge in [-0.15, -0.1) is 11.3 Å². The Morgan fingerprint density at radius 2 is 1.88 bits per heavy atom. The number of carbonyl (C=O) groups excluding carboxylic acids is 1. The average molecular weight is 483 g/mol. The molecule has 13 heteroatoms. The van der Waals surface area contributed by atoms with Gasteiger partial charge < -0.3 is 20.6 Å². The Bertz CT molecular complexity index is 1280. The molecule has 1 unspecified atom stereocenters. The molecule has 1 amide bonds. The molecule has 0 aliphatic rings. The van der Waals surface area contributed by atoms with Crippen molar-refractivity contribution < 1.29 is 23.1 Å². The number of rotatable bonds is 6. The van der Waals surface area contributed by atoms with E-state index in [4.69, 9.17) is 0 Å². The van der Waals surface area contributed by atoms with E-state index in [1.54, 1.807) is 0 Å². The summed E-state index contributed by atoms with van der Waals surface area (Å²) in [6, 6.07) is 4.48. The number of para-hydroxylation sites is 1. The largest absolute Gasteiger partial charge is 0.505 e. The quantitative estimate of drug-likeness (QED) is 0.400. The number of aromatic nitrogens is 2. The van der Waals surface area contributed by atoms with Gasteiger partial charge in [-0.25, -0.2) is 0 Å². The zero-order valence-corrected chi connectivity index (χ0v) is 18.5. The Labute approximate surface area is 189 Å². The molecule has 3 aromatic rings. The zero-order chi connectivity index (χ0) is 24.5. The second-order valence-electron chi connectivity index (χ2n) is 7.22. The first-order chi connectivity index (χ1) is 15.4. The second kappa shape index (κ2) is 9.02. The third kappa shape index (κ3) is 4.87. The zero-order valence-electron chi connectivity index (χ0n) is 17.6. The van der Waals surface area contributed by atoms with Crippen LogP contribution in [0.25, 0.3) is 0 Å². The first-order valence-electron chi connectivity index (χ1n) is 9.42. The molecule has 9 nitrogen and oxygen atoms in total. The number of anilines is 3. The Balaban J connectivity index is 2.13. The van der Waals surface area contributed by atoms with Gasteiger partial charge in [0.25, 0.3) is 17.0 Å². The highest BCUT2D eigenvalue weighted by atomic mass is 32.1. The van der Waals surface area contributed by atoms with E-state index < -0.39 is 46.4 Å². The van der Waals surface area contributed by atoms with Crippen LogP contribution >= 0.6 is 11.3 Å². The number of benzene rings is 1. The number of halogens is 3. The number of aromatic hydroxyl groups is 1. The molecule has 176 valence electrons. The number of nitrogens with one attached hydrogen (secondary N) is 3. The Morgan fingerprint density at radius 1 is 1.18 bits per heavy atom. The monoisotopic (exact) mass is 483 g/mol. The predicted molar refractivity (Wildman–Crippen MR) is 118 cm³/mol. The molecule has 0 bridgehead atoms. The minimum atomic E-state index is -4.78. The van der Waals surface area contributed by atoms with Crippen LogP contribution in [0.15, 0.2) is 45.3 Å². The van der Waals surface area contributed by atoms with Crippen molar-refractivity contribution in [3.8, 4) is 5.75 Å². The van der Waals surface area contributed by atoms with Crippen LogP contribution in [0, 0.1) is 0 Å². The molecule has 1 aromatic carbocycles. The molecule has 0 saturated heterocycles. The highest BCUT2D eigenvalue weighted by molar-refractivity contribution is 7.10. The fraction of sp³-hybridized carbons (Fsp3) is 0.250. The number of carbonyl (C=O) groups is 1. The summed E-state index contributed by atoms with van der Waals surface area (Å²) >= 11 is 0.830. The summed E-state index contributed by atoms with van der Waals surface area (Å²) < 4.78 is 42.1. The van der Waals surface area contributed by atoms with Crippen LogP contribution in [0.3, 0.4) is 0 Å². The number of nitrogens with zero attached hydrogens (tertiary/aromatic N) is 2. The third-order valence-electron chi connectivity index (χ3n) is 4.64. The number of hydrogen-bond donors (Lipinski definition) is 4. The number of thiophene rings is 1. The highest BCUT2D eigenvalue weighted by Crippen LogP contribution is 2.38. The lowest BCUT2D eigenvalue weighted by Crippen LogP contribution is -2.35. The predicted octanol–water partition coefficient (Wildman–Crippen LogP) is 3.00. The molecule has 3 rings (SSSR count). The first kappa shape index (κ1) is 23.9. The first-order valence-corrected chi connectivity index (χ1v) is 10.3. The average Bonchev–Trinajstić information content (AvgIpc) is 3.25. The topological polar surface area (TPSA) is 119 Å². The van der Waals surface area contributed by atoms with Gasteiger partial charge in [-0.3, -0.25) is 24.2 Å². The number of phenols is 1. The van der Waals surface area contributed by atoms with E-state index in [2.05, 4.69) is 15.7 Å². The normalized spacial score (nSPS) is 12.3. The summed E-state index contributed by atoms with van der Waals surface area (Å²) in [5.74, 6) is -1.07. The fourth-order valence-electron chi connectivity index (χ4n) is 3.01. The smallest absolute Gasteiger partial charge is 0.413 e. The summed E-state index contributed by atoms with van der Waals surface area (Å²) in [7, 11) is 4.15. The lowest BCUT2D eigenvalue weighted by atomic mass is 10.1. The van der Waals surface area contributed by atoms with Crippen molar-refractivity contribution in [2.75, 3.05) is 24.7 Å². The molecule has 2 heterocycles. The molecule has 2 aromatic heterocycles. The Hall–Kier alpha value is -3.74. The molecule has 0 spiro atoms. The lowest BCUT2D eigenvalue weighted by molar-refractivity contribution is -0.143. The maximum atomic E-state index is 13.8. The SMILES string of the molecule is CN(C)C(=O)c1cccc(Nc2c(NC(c3cccs3)C(F)(F)F)c(=O)[nH]n(C)c2=O)c1O. The minimum absolute atomic E-state index is 0.104. The maximum Gasteiger partial charge on any atom is 0.413 e. The van der Waals surface area contributed by atoms with Crippen LogP contribution in [0.5, 0.6) is 5.75 Å². The molecule has 0 radical (unpaired) electrons. The van der Waals surface area contributed by atoms with Gasteiger partial charge in [0.05, 0.1) is 11.3 Å². The van der Waals surface area contributed by atoms with Crippen LogP contribution in [0.4, 0.5) is 30.2 Å². The summed E-state index contributed by atoms with van der Waals surface area (Å²) in [5.41, 5.74) is -3.31. The molecule has 33 heavy (non-hydrogen) atoms. The van der Waals surface area contributed by atoms with E-state index in [1.165, 1.54) is 61.8 Å². The van der Waals surface area contributed by atoms with Gasteiger partial charge >= 0.3 is 6.18 Å². The van der Waals surface area contributed by atoms with E-state index >= 15 is 0 Å². The maximum absolute atomic E-state index is 13.8. The summed E-state index contributed by atoms with van der Waals surface area (Å²) in [6.45, 7) is 0. The Kier molecular flexibility index (Phi) is 6.53. The molecular weight excluding hydrogens is 463 g/mol. The van der Waals surface area contributed by atoms with Gasteiger partial charge in [-0.05, 0) is 23.6 Å².